The van der Waals surface area contributed by atoms with E-state index in [1.807, 2.05) is 0 Å². The molecule has 0 fully saturated rings. The van der Waals surface area contributed by atoms with Gasteiger partial charge in [0, 0.05) is 25.2 Å². The number of aliphatic carboxylic acids is 1. The standard InChI is InChI=1S/C13H25NO2/c1-5-12(6-2)14(10-11(3)4)9-7-8-13(15)16/h7-8,11-12H,5-6,9-10H2,1-4H3,(H,15,16)/b8-7+. The predicted octanol–water partition coefficient (Wildman–Crippen LogP) is 2.77. The molecular formula is C13H25NO2. The van der Waals surface area contributed by atoms with Gasteiger partial charge in [0.2, 0.25) is 0 Å². The van der Waals surface area contributed by atoms with Crippen LogP contribution in [-0.2, 0) is 4.79 Å². The van der Waals surface area contributed by atoms with E-state index in [0.717, 1.165) is 25.9 Å². The number of carboxylic acid groups (broad SMARTS) is 1. The van der Waals surface area contributed by atoms with Crippen molar-refractivity contribution in [3.05, 3.63) is 12.2 Å². The van der Waals surface area contributed by atoms with Gasteiger partial charge < -0.3 is 5.11 Å². The maximum atomic E-state index is 10.4. The molecule has 0 heterocycles. The highest BCUT2D eigenvalue weighted by Gasteiger charge is 2.14. The van der Waals surface area contributed by atoms with Crippen LogP contribution in [0.4, 0.5) is 0 Å². The first-order valence-electron chi connectivity index (χ1n) is 6.14. The summed E-state index contributed by atoms with van der Waals surface area (Å²) in [7, 11) is 0. The Morgan fingerprint density at radius 2 is 1.88 bits per heavy atom. The van der Waals surface area contributed by atoms with Gasteiger partial charge in [-0.1, -0.05) is 33.8 Å². The first-order valence-corrected chi connectivity index (χ1v) is 6.14. The van der Waals surface area contributed by atoms with Crippen molar-refractivity contribution in [2.24, 2.45) is 5.92 Å². The third-order valence-electron chi connectivity index (χ3n) is 2.66. The van der Waals surface area contributed by atoms with Crippen molar-refractivity contribution >= 4 is 5.97 Å². The Balaban J connectivity index is 4.35. The lowest BCUT2D eigenvalue weighted by molar-refractivity contribution is -0.131. The molecule has 0 unspecified atom stereocenters. The number of hydrogen-bond acceptors (Lipinski definition) is 2. The molecule has 0 amide bonds. The van der Waals surface area contributed by atoms with E-state index in [9.17, 15) is 4.79 Å². The van der Waals surface area contributed by atoms with Gasteiger partial charge in [0.25, 0.3) is 0 Å². The normalized spacial score (nSPS) is 12.2. The van der Waals surface area contributed by atoms with Crippen LogP contribution in [0.2, 0.25) is 0 Å². The maximum Gasteiger partial charge on any atom is 0.328 e. The Labute approximate surface area is 99.1 Å². The van der Waals surface area contributed by atoms with Crippen LogP contribution in [0.25, 0.3) is 0 Å². The topological polar surface area (TPSA) is 40.5 Å². The molecule has 3 heteroatoms. The van der Waals surface area contributed by atoms with Gasteiger partial charge in [-0.15, -0.1) is 0 Å². The van der Waals surface area contributed by atoms with E-state index < -0.39 is 5.97 Å². The van der Waals surface area contributed by atoms with Crippen LogP contribution < -0.4 is 0 Å². The summed E-state index contributed by atoms with van der Waals surface area (Å²) in [5.41, 5.74) is 0. The molecule has 0 atom stereocenters. The van der Waals surface area contributed by atoms with E-state index in [0.29, 0.717) is 12.0 Å². The average molecular weight is 227 g/mol. The molecule has 0 aromatic carbocycles. The van der Waals surface area contributed by atoms with Crippen LogP contribution in [0.15, 0.2) is 12.2 Å². The molecule has 0 aliphatic carbocycles. The third kappa shape index (κ3) is 6.62. The van der Waals surface area contributed by atoms with E-state index in [1.165, 1.54) is 6.08 Å². The summed E-state index contributed by atoms with van der Waals surface area (Å²) in [5, 5.41) is 8.56. The fourth-order valence-electron chi connectivity index (χ4n) is 1.94. The van der Waals surface area contributed by atoms with Crippen molar-refractivity contribution in [1.82, 2.24) is 4.90 Å². The average Bonchev–Trinajstić information content (AvgIpc) is 2.17. The Kier molecular flexibility index (Phi) is 7.90. The van der Waals surface area contributed by atoms with E-state index in [2.05, 4.69) is 32.6 Å². The van der Waals surface area contributed by atoms with Crippen LogP contribution in [-0.4, -0.2) is 35.1 Å². The van der Waals surface area contributed by atoms with E-state index in [-0.39, 0.29) is 0 Å². The lowest BCUT2D eigenvalue weighted by Crippen LogP contribution is -2.37. The number of carbonyl (C=O) groups is 1. The summed E-state index contributed by atoms with van der Waals surface area (Å²) in [5.74, 6) is -0.257. The van der Waals surface area contributed by atoms with E-state index in [4.69, 9.17) is 5.11 Å². The Hall–Kier alpha value is -0.830. The molecule has 0 aromatic rings. The van der Waals surface area contributed by atoms with Crippen molar-refractivity contribution in [1.29, 1.82) is 0 Å². The molecule has 0 saturated heterocycles. The molecule has 0 spiro atoms. The van der Waals surface area contributed by atoms with Crippen molar-refractivity contribution in [2.75, 3.05) is 13.1 Å². The second-order valence-corrected chi connectivity index (χ2v) is 4.56. The number of rotatable bonds is 8. The molecule has 0 aliphatic rings. The van der Waals surface area contributed by atoms with Gasteiger partial charge in [0.05, 0.1) is 0 Å². The molecule has 16 heavy (non-hydrogen) atoms. The molecule has 1 N–H and O–H groups in total. The van der Waals surface area contributed by atoms with Crippen molar-refractivity contribution < 1.29 is 9.90 Å². The summed E-state index contributed by atoms with van der Waals surface area (Å²) in [6, 6.07) is 0.556. The third-order valence-corrected chi connectivity index (χ3v) is 2.66. The van der Waals surface area contributed by atoms with Gasteiger partial charge in [-0.05, 0) is 18.8 Å². The van der Waals surface area contributed by atoms with Crippen LogP contribution in [0.3, 0.4) is 0 Å². The molecule has 0 bridgehead atoms. The molecule has 3 nitrogen and oxygen atoms in total. The molecule has 0 rings (SSSR count). The van der Waals surface area contributed by atoms with Gasteiger partial charge in [-0.2, -0.15) is 0 Å². The SMILES string of the molecule is CCC(CC)N(C/C=C/C(=O)O)CC(C)C. The second kappa shape index (κ2) is 8.34. The predicted molar refractivity (Wildman–Crippen MR) is 67.6 cm³/mol. The molecule has 0 aromatic heterocycles. The molecular weight excluding hydrogens is 202 g/mol. The number of hydrogen-bond donors (Lipinski definition) is 1. The molecule has 0 radical (unpaired) electrons. The quantitative estimate of drug-likeness (QED) is 0.648. The summed E-state index contributed by atoms with van der Waals surface area (Å²) in [6.07, 6.45) is 5.20. The number of nitrogens with zero attached hydrogens (tertiary/aromatic N) is 1. The summed E-state index contributed by atoms with van der Waals surface area (Å²) in [6.45, 7) is 10.5. The highest BCUT2D eigenvalue weighted by molar-refractivity contribution is 5.79. The van der Waals surface area contributed by atoms with Gasteiger partial charge in [0.15, 0.2) is 0 Å². The molecule has 94 valence electrons. The Bertz CT molecular complexity index is 220. The zero-order valence-corrected chi connectivity index (χ0v) is 10.9. The van der Waals surface area contributed by atoms with Crippen LogP contribution >= 0.6 is 0 Å². The fraction of sp³-hybridized carbons (Fsp3) is 0.769. The van der Waals surface area contributed by atoms with Gasteiger partial charge in [-0.3, -0.25) is 4.90 Å². The van der Waals surface area contributed by atoms with Crippen LogP contribution in [0.5, 0.6) is 0 Å². The largest absolute Gasteiger partial charge is 0.478 e. The monoisotopic (exact) mass is 227 g/mol. The summed E-state index contributed by atoms with van der Waals surface area (Å²) < 4.78 is 0. The summed E-state index contributed by atoms with van der Waals surface area (Å²) >= 11 is 0. The second-order valence-electron chi connectivity index (χ2n) is 4.56. The van der Waals surface area contributed by atoms with Gasteiger partial charge in [0.1, 0.15) is 0 Å². The van der Waals surface area contributed by atoms with Crippen LogP contribution in [0.1, 0.15) is 40.5 Å². The van der Waals surface area contributed by atoms with E-state index >= 15 is 0 Å². The van der Waals surface area contributed by atoms with Crippen molar-refractivity contribution in [3.8, 4) is 0 Å². The minimum atomic E-state index is -0.867. The lowest BCUT2D eigenvalue weighted by Gasteiger charge is -2.30. The smallest absolute Gasteiger partial charge is 0.328 e. The van der Waals surface area contributed by atoms with Crippen LogP contribution in [0, 0.1) is 5.92 Å². The first kappa shape index (κ1) is 15.2. The number of carboxylic acids is 1. The Morgan fingerprint density at radius 3 is 2.25 bits per heavy atom. The Morgan fingerprint density at radius 1 is 1.31 bits per heavy atom. The zero-order valence-electron chi connectivity index (χ0n) is 10.9. The minimum absolute atomic E-state index is 0.556. The highest BCUT2D eigenvalue weighted by Crippen LogP contribution is 2.11. The molecule has 0 aliphatic heterocycles. The fourth-order valence-corrected chi connectivity index (χ4v) is 1.94. The molecule has 0 saturated carbocycles. The van der Waals surface area contributed by atoms with Gasteiger partial charge in [-0.25, -0.2) is 4.79 Å². The van der Waals surface area contributed by atoms with E-state index in [1.54, 1.807) is 6.08 Å². The van der Waals surface area contributed by atoms with Crippen molar-refractivity contribution in [3.63, 3.8) is 0 Å². The maximum absolute atomic E-state index is 10.4. The van der Waals surface area contributed by atoms with Crippen molar-refractivity contribution in [2.45, 2.75) is 46.6 Å². The van der Waals surface area contributed by atoms with Gasteiger partial charge >= 0.3 is 5.97 Å². The highest BCUT2D eigenvalue weighted by atomic mass is 16.4. The summed E-state index contributed by atoms with van der Waals surface area (Å²) in [4.78, 5) is 12.8. The zero-order chi connectivity index (χ0) is 12.6. The minimum Gasteiger partial charge on any atom is -0.478 e. The first-order chi connectivity index (χ1) is 7.51. The lowest BCUT2D eigenvalue weighted by atomic mass is 10.1.